The van der Waals surface area contributed by atoms with Crippen molar-refractivity contribution in [1.29, 1.82) is 0 Å². The Morgan fingerprint density at radius 3 is 2.72 bits per heavy atom. The molecule has 9 heteroatoms. The normalized spacial score (nSPS) is 11.0. The van der Waals surface area contributed by atoms with Crippen LogP contribution in [0.15, 0.2) is 32.6 Å². The standard InChI is InChI=1S/C16H16BrF2N3O2S/c1-8-7-10(17)3-5-12(8)21-13(23)6-4-11-9(2)20-16(22-14(11)24)25-15(18)19/h3,5,7,15H,4,6H2,1-2H3,(H,21,23)(H,20,22,24). The summed E-state index contributed by atoms with van der Waals surface area (Å²) >= 11 is 3.54. The molecule has 0 atom stereocenters. The van der Waals surface area contributed by atoms with E-state index in [1.165, 1.54) is 0 Å². The first-order chi connectivity index (χ1) is 11.8. The van der Waals surface area contributed by atoms with Crippen LogP contribution in [0.2, 0.25) is 0 Å². The molecule has 2 rings (SSSR count). The number of nitrogens with one attached hydrogen (secondary N) is 2. The molecule has 0 saturated carbocycles. The van der Waals surface area contributed by atoms with E-state index in [0.717, 1.165) is 10.0 Å². The summed E-state index contributed by atoms with van der Waals surface area (Å²) in [5.74, 6) is -2.90. The molecule has 0 spiro atoms. The van der Waals surface area contributed by atoms with Crippen LogP contribution in [0.1, 0.15) is 23.2 Å². The average Bonchev–Trinajstić information content (AvgIpc) is 2.48. The minimum absolute atomic E-state index is 0.0858. The van der Waals surface area contributed by atoms with Crippen LogP contribution in [0, 0.1) is 13.8 Å². The Morgan fingerprint density at radius 1 is 1.40 bits per heavy atom. The number of H-pyrrole nitrogens is 1. The Bertz CT molecular complexity index is 843. The second-order valence-corrected chi connectivity index (χ2v) is 7.22. The minimum Gasteiger partial charge on any atom is -0.326 e. The summed E-state index contributed by atoms with van der Waals surface area (Å²) in [6.07, 6.45) is 0.262. The number of thioether (sulfide) groups is 1. The van der Waals surface area contributed by atoms with Gasteiger partial charge in [0.05, 0.1) is 0 Å². The summed E-state index contributed by atoms with van der Waals surface area (Å²) in [4.78, 5) is 30.4. The second kappa shape index (κ2) is 8.57. The first kappa shape index (κ1) is 19.6. The number of aromatic nitrogens is 2. The quantitative estimate of drug-likeness (QED) is 0.534. The molecule has 134 valence electrons. The lowest BCUT2D eigenvalue weighted by atomic mass is 10.1. The summed E-state index contributed by atoms with van der Waals surface area (Å²) in [6, 6.07) is 5.49. The molecular formula is C16H16BrF2N3O2S. The van der Waals surface area contributed by atoms with E-state index in [1.54, 1.807) is 13.0 Å². The average molecular weight is 432 g/mol. The van der Waals surface area contributed by atoms with E-state index in [4.69, 9.17) is 0 Å². The zero-order chi connectivity index (χ0) is 18.6. The number of nitrogens with zero attached hydrogens (tertiary/aromatic N) is 1. The minimum atomic E-state index is -2.66. The largest absolute Gasteiger partial charge is 0.326 e. The number of carbonyl (C=O) groups excluding carboxylic acids is 1. The van der Waals surface area contributed by atoms with Crippen LogP contribution in [0.25, 0.3) is 0 Å². The molecule has 0 saturated heterocycles. The summed E-state index contributed by atoms with van der Waals surface area (Å²) in [5, 5.41) is 2.66. The van der Waals surface area contributed by atoms with Gasteiger partial charge in [0.1, 0.15) is 0 Å². The van der Waals surface area contributed by atoms with Gasteiger partial charge in [0.15, 0.2) is 5.16 Å². The van der Waals surface area contributed by atoms with Gasteiger partial charge in [-0.2, -0.15) is 8.78 Å². The third-order valence-electron chi connectivity index (χ3n) is 3.47. The number of hydrogen-bond acceptors (Lipinski definition) is 4. The summed E-state index contributed by atoms with van der Waals surface area (Å²) < 4.78 is 25.6. The van der Waals surface area contributed by atoms with E-state index in [-0.39, 0.29) is 35.7 Å². The van der Waals surface area contributed by atoms with Gasteiger partial charge >= 0.3 is 0 Å². The van der Waals surface area contributed by atoms with Crippen LogP contribution >= 0.6 is 27.7 Å². The molecule has 2 aromatic rings. The van der Waals surface area contributed by atoms with E-state index in [2.05, 4.69) is 31.2 Å². The Hall–Kier alpha value is -1.74. The number of anilines is 1. The third kappa shape index (κ3) is 5.64. The first-order valence-electron chi connectivity index (χ1n) is 7.37. The van der Waals surface area contributed by atoms with E-state index in [1.807, 2.05) is 19.1 Å². The van der Waals surface area contributed by atoms with Crippen molar-refractivity contribution in [2.24, 2.45) is 0 Å². The van der Waals surface area contributed by atoms with E-state index in [9.17, 15) is 18.4 Å². The van der Waals surface area contributed by atoms with Gasteiger partial charge < -0.3 is 10.3 Å². The zero-order valence-electron chi connectivity index (χ0n) is 13.5. The lowest BCUT2D eigenvalue weighted by Crippen LogP contribution is -2.20. The number of amides is 1. The summed E-state index contributed by atoms with van der Waals surface area (Å²) in [7, 11) is 0. The highest BCUT2D eigenvalue weighted by molar-refractivity contribution is 9.10. The van der Waals surface area contributed by atoms with Crippen LogP contribution < -0.4 is 10.9 Å². The van der Waals surface area contributed by atoms with Gasteiger partial charge in [0.25, 0.3) is 11.3 Å². The molecule has 25 heavy (non-hydrogen) atoms. The van der Waals surface area contributed by atoms with Crippen LogP contribution in [0.3, 0.4) is 0 Å². The van der Waals surface area contributed by atoms with E-state index in [0.29, 0.717) is 16.9 Å². The van der Waals surface area contributed by atoms with Crippen molar-refractivity contribution in [3.8, 4) is 0 Å². The van der Waals surface area contributed by atoms with Crippen molar-refractivity contribution in [3.05, 3.63) is 49.8 Å². The monoisotopic (exact) mass is 431 g/mol. The molecular weight excluding hydrogens is 416 g/mol. The maximum Gasteiger partial charge on any atom is 0.291 e. The van der Waals surface area contributed by atoms with Crippen LogP contribution in [0.5, 0.6) is 0 Å². The van der Waals surface area contributed by atoms with E-state index < -0.39 is 11.3 Å². The molecule has 1 heterocycles. The molecule has 2 N–H and O–H groups in total. The Kier molecular flexibility index (Phi) is 6.71. The molecule has 5 nitrogen and oxygen atoms in total. The predicted molar refractivity (Wildman–Crippen MR) is 97.3 cm³/mol. The SMILES string of the molecule is Cc1cc(Br)ccc1NC(=O)CCc1c(C)nc(SC(F)F)[nH]c1=O. The number of carbonyl (C=O) groups is 1. The van der Waals surface area contributed by atoms with Crippen molar-refractivity contribution in [1.82, 2.24) is 9.97 Å². The molecule has 0 aliphatic carbocycles. The Morgan fingerprint density at radius 2 is 2.12 bits per heavy atom. The van der Waals surface area contributed by atoms with Crippen LogP contribution in [-0.2, 0) is 11.2 Å². The van der Waals surface area contributed by atoms with Gasteiger partial charge in [0, 0.05) is 27.8 Å². The maximum absolute atomic E-state index is 12.3. The molecule has 1 amide bonds. The first-order valence-corrected chi connectivity index (χ1v) is 9.04. The highest BCUT2D eigenvalue weighted by Crippen LogP contribution is 2.22. The van der Waals surface area contributed by atoms with Gasteiger partial charge in [-0.3, -0.25) is 9.59 Å². The summed E-state index contributed by atoms with van der Waals surface area (Å²) in [6.45, 7) is 3.44. The van der Waals surface area contributed by atoms with Gasteiger partial charge in [-0.1, -0.05) is 15.9 Å². The summed E-state index contributed by atoms with van der Waals surface area (Å²) in [5.41, 5.74) is 1.77. The number of hydrogen-bond donors (Lipinski definition) is 2. The maximum atomic E-state index is 12.3. The fourth-order valence-electron chi connectivity index (χ4n) is 2.24. The van der Waals surface area contributed by atoms with Gasteiger partial charge in [-0.25, -0.2) is 4.98 Å². The lowest BCUT2D eigenvalue weighted by Gasteiger charge is -2.10. The number of halogens is 3. The van der Waals surface area contributed by atoms with Gasteiger partial charge in [0.2, 0.25) is 5.91 Å². The lowest BCUT2D eigenvalue weighted by molar-refractivity contribution is -0.116. The van der Waals surface area contributed by atoms with Crippen molar-refractivity contribution < 1.29 is 13.6 Å². The molecule has 0 fully saturated rings. The predicted octanol–water partition coefficient (Wildman–Crippen LogP) is 4.04. The molecule has 0 bridgehead atoms. The third-order valence-corrected chi connectivity index (χ3v) is 4.55. The number of aromatic amines is 1. The fourth-order valence-corrected chi connectivity index (χ4v) is 3.22. The number of aryl methyl sites for hydroxylation is 2. The molecule has 0 aliphatic heterocycles. The van der Waals surface area contributed by atoms with Gasteiger partial charge in [-0.05, 0) is 55.8 Å². The molecule has 0 aliphatic rings. The van der Waals surface area contributed by atoms with E-state index >= 15 is 0 Å². The second-order valence-electron chi connectivity index (χ2n) is 5.32. The van der Waals surface area contributed by atoms with Crippen molar-refractivity contribution >= 4 is 39.3 Å². The highest BCUT2D eigenvalue weighted by Gasteiger charge is 2.14. The Labute approximate surface area is 155 Å². The van der Waals surface area contributed by atoms with Crippen molar-refractivity contribution in [2.45, 2.75) is 37.6 Å². The molecule has 1 aromatic carbocycles. The smallest absolute Gasteiger partial charge is 0.291 e. The fraction of sp³-hybridized carbons (Fsp3) is 0.312. The van der Waals surface area contributed by atoms with Crippen LogP contribution in [0.4, 0.5) is 14.5 Å². The molecule has 0 unspecified atom stereocenters. The number of alkyl halides is 2. The van der Waals surface area contributed by atoms with Crippen molar-refractivity contribution in [2.75, 3.05) is 5.32 Å². The van der Waals surface area contributed by atoms with Crippen LogP contribution in [-0.4, -0.2) is 21.6 Å². The van der Waals surface area contributed by atoms with Crippen molar-refractivity contribution in [3.63, 3.8) is 0 Å². The van der Waals surface area contributed by atoms with Gasteiger partial charge in [-0.15, -0.1) is 0 Å². The zero-order valence-corrected chi connectivity index (χ0v) is 15.9. The number of rotatable bonds is 6. The highest BCUT2D eigenvalue weighted by atomic mass is 79.9. The molecule has 0 radical (unpaired) electrons. The Balaban J connectivity index is 2.03. The molecule has 1 aromatic heterocycles. The topological polar surface area (TPSA) is 74.8 Å². The number of benzene rings is 1.